The zero-order valence-corrected chi connectivity index (χ0v) is 12.8. The first kappa shape index (κ1) is 14.5. The molecule has 0 amide bonds. The van der Waals surface area contributed by atoms with E-state index in [1.54, 1.807) is 6.20 Å². The first-order valence-corrected chi connectivity index (χ1v) is 8.05. The highest BCUT2D eigenvalue weighted by Gasteiger charge is 2.33. The third-order valence-electron chi connectivity index (χ3n) is 4.97. The number of pyridine rings is 1. The van der Waals surface area contributed by atoms with Crippen LogP contribution in [0.4, 0.5) is 0 Å². The van der Waals surface area contributed by atoms with Crippen LogP contribution < -0.4 is 0 Å². The van der Waals surface area contributed by atoms with Crippen molar-refractivity contribution in [3.63, 3.8) is 0 Å². The van der Waals surface area contributed by atoms with E-state index in [1.807, 2.05) is 12.1 Å². The number of hydrogen-bond acceptors (Lipinski definition) is 4. The van der Waals surface area contributed by atoms with Gasteiger partial charge in [0.05, 0.1) is 18.4 Å². The molecule has 0 unspecified atom stereocenters. The molecule has 0 radical (unpaired) electrons. The van der Waals surface area contributed by atoms with Crippen molar-refractivity contribution in [2.24, 2.45) is 5.92 Å². The molecule has 4 nitrogen and oxygen atoms in total. The van der Waals surface area contributed by atoms with Crippen LogP contribution in [0.15, 0.2) is 18.3 Å². The van der Waals surface area contributed by atoms with Crippen molar-refractivity contribution >= 4 is 5.97 Å². The van der Waals surface area contributed by atoms with Gasteiger partial charge in [0.2, 0.25) is 0 Å². The Bertz CT molecular complexity index is 484. The summed E-state index contributed by atoms with van der Waals surface area (Å²) in [6.07, 6.45) is 9.84. The molecule has 21 heavy (non-hydrogen) atoms. The quantitative estimate of drug-likeness (QED) is 0.802. The van der Waals surface area contributed by atoms with Crippen LogP contribution in [-0.4, -0.2) is 35.5 Å². The van der Waals surface area contributed by atoms with Crippen molar-refractivity contribution in [2.75, 3.05) is 13.7 Å². The molecule has 4 heteroatoms. The maximum absolute atomic E-state index is 11.4. The zero-order chi connectivity index (χ0) is 14.7. The number of fused-ring (bicyclic) bond motifs is 1. The molecule has 1 aromatic rings. The maximum Gasteiger partial charge on any atom is 0.339 e. The van der Waals surface area contributed by atoms with Gasteiger partial charge in [-0.15, -0.1) is 0 Å². The monoisotopic (exact) mass is 288 g/mol. The van der Waals surface area contributed by atoms with E-state index in [-0.39, 0.29) is 5.97 Å². The van der Waals surface area contributed by atoms with E-state index in [2.05, 4.69) is 9.88 Å². The van der Waals surface area contributed by atoms with E-state index in [9.17, 15) is 4.79 Å². The van der Waals surface area contributed by atoms with Gasteiger partial charge in [-0.1, -0.05) is 12.8 Å². The van der Waals surface area contributed by atoms with Crippen molar-refractivity contribution in [3.8, 4) is 0 Å². The Balaban J connectivity index is 1.66. The van der Waals surface area contributed by atoms with Crippen LogP contribution in [0, 0.1) is 5.92 Å². The second-order valence-corrected chi connectivity index (χ2v) is 6.25. The van der Waals surface area contributed by atoms with Gasteiger partial charge in [0.1, 0.15) is 0 Å². The van der Waals surface area contributed by atoms with Crippen molar-refractivity contribution in [1.82, 2.24) is 9.88 Å². The second kappa shape index (κ2) is 6.56. The minimum atomic E-state index is -0.320. The van der Waals surface area contributed by atoms with Crippen LogP contribution in [0.3, 0.4) is 0 Å². The van der Waals surface area contributed by atoms with Crippen LogP contribution >= 0.6 is 0 Å². The van der Waals surface area contributed by atoms with Gasteiger partial charge in [0, 0.05) is 18.8 Å². The average Bonchev–Trinajstić information content (AvgIpc) is 2.55. The highest BCUT2D eigenvalue weighted by atomic mass is 16.5. The molecule has 1 aliphatic heterocycles. The Morgan fingerprint density at radius 2 is 2.10 bits per heavy atom. The van der Waals surface area contributed by atoms with Crippen molar-refractivity contribution < 1.29 is 9.53 Å². The summed E-state index contributed by atoms with van der Waals surface area (Å²) < 4.78 is 4.71. The predicted octanol–water partition coefficient (Wildman–Crippen LogP) is 3.02. The fraction of sp³-hybridized carbons (Fsp3) is 0.647. The number of nitrogens with zero attached hydrogens (tertiary/aromatic N) is 2. The molecule has 0 N–H and O–H groups in total. The van der Waals surface area contributed by atoms with Crippen LogP contribution in [-0.2, 0) is 11.3 Å². The van der Waals surface area contributed by atoms with Crippen LogP contribution in [0.25, 0.3) is 0 Å². The SMILES string of the molecule is COC(=O)c1ccc(CN2CCC[C@H]3CCCC[C@H]32)nc1. The molecule has 2 heterocycles. The first-order chi connectivity index (χ1) is 10.3. The molecule has 0 spiro atoms. The molecule has 1 saturated heterocycles. The topological polar surface area (TPSA) is 42.4 Å². The number of rotatable bonds is 3. The zero-order valence-electron chi connectivity index (χ0n) is 12.8. The minimum Gasteiger partial charge on any atom is -0.465 e. The molecule has 0 aromatic carbocycles. The molecule has 2 atom stereocenters. The molecule has 3 rings (SSSR count). The lowest BCUT2D eigenvalue weighted by atomic mass is 9.78. The number of esters is 1. The highest BCUT2D eigenvalue weighted by Crippen LogP contribution is 2.35. The molecule has 2 fully saturated rings. The van der Waals surface area contributed by atoms with Gasteiger partial charge in [-0.05, 0) is 50.3 Å². The van der Waals surface area contributed by atoms with E-state index in [4.69, 9.17) is 4.74 Å². The van der Waals surface area contributed by atoms with Crippen molar-refractivity contribution in [3.05, 3.63) is 29.6 Å². The number of carbonyl (C=O) groups excluding carboxylic acids is 1. The first-order valence-electron chi connectivity index (χ1n) is 8.05. The molecule has 1 aliphatic carbocycles. The summed E-state index contributed by atoms with van der Waals surface area (Å²) in [5.41, 5.74) is 1.57. The Morgan fingerprint density at radius 1 is 1.29 bits per heavy atom. The summed E-state index contributed by atoms with van der Waals surface area (Å²) in [6.45, 7) is 2.09. The molecule has 0 bridgehead atoms. The highest BCUT2D eigenvalue weighted by molar-refractivity contribution is 5.88. The summed E-state index contributed by atoms with van der Waals surface area (Å²) in [5.74, 6) is 0.571. The third kappa shape index (κ3) is 3.26. The molecular formula is C17H24N2O2. The lowest BCUT2D eigenvalue weighted by molar-refractivity contribution is 0.0536. The van der Waals surface area contributed by atoms with Crippen LogP contribution in [0.5, 0.6) is 0 Å². The largest absolute Gasteiger partial charge is 0.465 e. The van der Waals surface area contributed by atoms with Gasteiger partial charge in [0.15, 0.2) is 0 Å². The Kier molecular flexibility index (Phi) is 4.54. The van der Waals surface area contributed by atoms with Gasteiger partial charge >= 0.3 is 5.97 Å². The average molecular weight is 288 g/mol. The molecule has 1 aromatic heterocycles. The number of methoxy groups -OCH3 is 1. The molecule has 114 valence electrons. The summed E-state index contributed by atoms with van der Waals surface area (Å²) in [7, 11) is 1.40. The molecule has 1 saturated carbocycles. The third-order valence-corrected chi connectivity index (χ3v) is 4.97. The van der Waals surface area contributed by atoms with Gasteiger partial charge < -0.3 is 4.74 Å². The Labute approximate surface area is 126 Å². The normalized spacial score (nSPS) is 26.1. The number of hydrogen-bond donors (Lipinski definition) is 0. The van der Waals surface area contributed by atoms with Crippen LogP contribution in [0.1, 0.15) is 54.6 Å². The van der Waals surface area contributed by atoms with E-state index >= 15 is 0 Å². The number of aromatic nitrogens is 1. The standard InChI is InChI=1S/C17H24N2O2/c1-21-17(20)14-8-9-15(18-11-14)12-19-10-4-6-13-5-2-3-7-16(13)19/h8-9,11,13,16H,2-7,10,12H2,1H3/t13-,16-/m1/s1. The molecule has 2 aliphatic rings. The summed E-state index contributed by atoms with van der Waals surface area (Å²) in [5, 5.41) is 0. The summed E-state index contributed by atoms with van der Waals surface area (Å²) in [6, 6.07) is 4.52. The lowest BCUT2D eigenvalue weighted by Crippen LogP contribution is -2.46. The fourth-order valence-corrected chi connectivity index (χ4v) is 3.89. The fourth-order valence-electron chi connectivity index (χ4n) is 3.89. The van der Waals surface area contributed by atoms with Crippen molar-refractivity contribution in [2.45, 2.75) is 51.1 Å². The van der Waals surface area contributed by atoms with E-state index in [0.29, 0.717) is 5.56 Å². The minimum absolute atomic E-state index is 0.320. The lowest BCUT2D eigenvalue weighted by Gasteiger charge is -2.44. The number of carbonyl (C=O) groups is 1. The van der Waals surface area contributed by atoms with Crippen molar-refractivity contribution in [1.29, 1.82) is 0 Å². The predicted molar refractivity (Wildman–Crippen MR) is 81.0 cm³/mol. The van der Waals surface area contributed by atoms with Gasteiger partial charge in [0.25, 0.3) is 0 Å². The second-order valence-electron chi connectivity index (χ2n) is 6.25. The Morgan fingerprint density at radius 3 is 2.86 bits per heavy atom. The smallest absolute Gasteiger partial charge is 0.339 e. The van der Waals surface area contributed by atoms with Crippen LogP contribution in [0.2, 0.25) is 0 Å². The van der Waals surface area contributed by atoms with Gasteiger partial charge in [-0.2, -0.15) is 0 Å². The van der Waals surface area contributed by atoms with E-state index in [1.165, 1.54) is 52.2 Å². The van der Waals surface area contributed by atoms with Gasteiger partial charge in [-0.3, -0.25) is 9.88 Å². The summed E-state index contributed by atoms with van der Waals surface area (Å²) in [4.78, 5) is 18.5. The number of likely N-dealkylation sites (tertiary alicyclic amines) is 1. The van der Waals surface area contributed by atoms with E-state index in [0.717, 1.165) is 24.2 Å². The summed E-state index contributed by atoms with van der Waals surface area (Å²) >= 11 is 0. The number of ether oxygens (including phenoxy) is 1. The molecular weight excluding hydrogens is 264 g/mol. The Hall–Kier alpha value is -1.42. The van der Waals surface area contributed by atoms with Gasteiger partial charge in [-0.25, -0.2) is 4.79 Å². The maximum atomic E-state index is 11.4. The number of piperidine rings is 1. The van der Waals surface area contributed by atoms with E-state index < -0.39 is 0 Å².